The summed E-state index contributed by atoms with van der Waals surface area (Å²) in [6, 6.07) is 11.2. The third-order valence-corrected chi connectivity index (χ3v) is 5.04. The Balaban J connectivity index is 1.63. The van der Waals surface area contributed by atoms with Gasteiger partial charge in [-0.25, -0.2) is 8.91 Å². The van der Waals surface area contributed by atoms with Crippen LogP contribution < -0.4 is 0 Å². The monoisotopic (exact) mass is 414 g/mol. The lowest BCUT2D eigenvalue weighted by molar-refractivity contribution is -0.154. The maximum Gasteiger partial charge on any atom is 0.158 e. The van der Waals surface area contributed by atoms with Crippen LogP contribution in [-0.4, -0.2) is 34.2 Å². The minimum absolute atomic E-state index is 0.160. The molecular formula is C22H20ClFN2O3. The number of ether oxygens (including phenoxy) is 2. The number of fused-ring (bicyclic) bond motifs is 1. The van der Waals surface area contributed by atoms with E-state index in [9.17, 15) is 9.50 Å². The van der Waals surface area contributed by atoms with Crippen LogP contribution in [0, 0.1) is 17.7 Å². The minimum atomic E-state index is -1.11. The second kappa shape index (κ2) is 8.93. The molecule has 0 amide bonds. The normalized spacial score (nSPS) is 17.7. The SMILES string of the molecule is OC(C#CCOC1CCCCO1)c1c(-c2ccc(F)cc2)nn2c(Cl)cccc12. The first-order valence-corrected chi connectivity index (χ1v) is 9.84. The standard InChI is InChI=1S/C22H20ClFN2O3/c23-19-7-3-5-17-21(18(27)6-4-14-29-20-8-1-2-13-28-20)22(25-26(17)19)15-9-11-16(24)12-10-15/h3,5,7,9-12,18,20,27H,1-2,8,13-14H2. The average molecular weight is 415 g/mol. The maximum absolute atomic E-state index is 13.3. The highest BCUT2D eigenvalue weighted by atomic mass is 35.5. The molecule has 1 saturated heterocycles. The van der Waals surface area contributed by atoms with Gasteiger partial charge in [0.05, 0.1) is 5.52 Å². The van der Waals surface area contributed by atoms with E-state index in [4.69, 9.17) is 21.1 Å². The van der Waals surface area contributed by atoms with Crippen LogP contribution in [-0.2, 0) is 9.47 Å². The van der Waals surface area contributed by atoms with Gasteiger partial charge in [-0.3, -0.25) is 0 Å². The molecule has 0 bridgehead atoms. The van der Waals surface area contributed by atoms with Crippen molar-refractivity contribution in [1.29, 1.82) is 0 Å². The fourth-order valence-electron chi connectivity index (χ4n) is 3.33. The molecule has 3 heterocycles. The highest BCUT2D eigenvalue weighted by Crippen LogP contribution is 2.32. The largest absolute Gasteiger partial charge is 0.376 e. The highest BCUT2D eigenvalue weighted by Gasteiger charge is 2.21. The smallest absolute Gasteiger partial charge is 0.158 e. The van der Waals surface area contributed by atoms with Gasteiger partial charge in [0.15, 0.2) is 6.29 Å². The van der Waals surface area contributed by atoms with Crippen LogP contribution in [0.1, 0.15) is 30.9 Å². The Bertz CT molecular complexity index is 1050. The van der Waals surface area contributed by atoms with E-state index in [1.807, 2.05) is 0 Å². The van der Waals surface area contributed by atoms with Gasteiger partial charge in [0.2, 0.25) is 0 Å². The van der Waals surface area contributed by atoms with E-state index in [0.717, 1.165) is 19.3 Å². The predicted octanol–water partition coefficient (Wildman–Crippen LogP) is 4.37. The van der Waals surface area contributed by atoms with E-state index in [1.165, 1.54) is 16.6 Å². The zero-order chi connectivity index (χ0) is 20.2. The molecule has 2 aromatic heterocycles. The van der Waals surface area contributed by atoms with Crippen molar-refractivity contribution in [3.63, 3.8) is 0 Å². The molecular weight excluding hydrogens is 395 g/mol. The van der Waals surface area contributed by atoms with Crippen LogP contribution >= 0.6 is 11.6 Å². The minimum Gasteiger partial charge on any atom is -0.376 e. The topological polar surface area (TPSA) is 56.0 Å². The molecule has 1 aromatic carbocycles. The van der Waals surface area contributed by atoms with Crippen LogP contribution in [0.5, 0.6) is 0 Å². The van der Waals surface area contributed by atoms with Crippen molar-refractivity contribution in [1.82, 2.24) is 9.61 Å². The van der Waals surface area contributed by atoms with Gasteiger partial charge in [0.25, 0.3) is 0 Å². The summed E-state index contributed by atoms with van der Waals surface area (Å²) in [5, 5.41) is 15.7. The zero-order valence-electron chi connectivity index (χ0n) is 15.6. The number of hydrogen-bond donors (Lipinski definition) is 1. The van der Waals surface area contributed by atoms with Crippen molar-refractivity contribution in [2.24, 2.45) is 0 Å². The number of hydrogen-bond acceptors (Lipinski definition) is 4. The Hall–Kier alpha value is -2.43. The van der Waals surface area contributed by atoms with Crippen molar-refractivity contribution in [3.05, 3.63) is 59.0 Å². The molecule has 0 radical (unpaired) electrons. The summed E-state index contributed by atoms with van der Waals surface area (Å²) < 4.78 is 26.0. The molecule has 150 valence electrons. The van der Waals surface area contributed by atoms with Crippen LogP contribution in [0.2, 0.25) is 5.15 Å². The third kappa shape index (κ3) is 4.44. The van der Waals surface area contributed by atoms with E-state index < -0.39 is 6.10 Å². The quantitative estimate of drug-likeness (QED) is 0.508. The summed E-state index contributed by atoms with van der Waals surface area (Å²) in [5.41, 5.74) is 2.31. The van der Waals surface area contributed by atoms with Crippen LogP contribution in [0.25, 0.3) is 16.8 Å². The second-order valence-corrected chi connectivity index (χ2v) is 7.13. The van der Waals surface area contributed by atoms with Crippen molar-refractivity contribution in [3.8, 4) is 23.1 Å². The first-order valence-electron chi connectivity index (χ1n) is 9.46. The van der Waals surface area contributed by atoms with Gasteiger partial charge >= 0.3 is 0 Å². The molecule has 1 fully saturated rings. The summed E-state index contributed by atoms with van der Waals surface area (Å²) in [5.74, 6) is 5.32. The Labute approximate surface area is 173 Å². The number of aliphatic hydroxyl groups is 1. The van der Waals surface area contributed by atoms with Gasteiger partial charge in [0, 0.05) is 17.7 Å². The molecule has 7 heteroatoms. The first kappa shape index (κ1) is 19.9. The van der Waals surface area contributed by atoms with Gasteiger partial charge in [0.1, 0.15) is 29.4 Å². The fourth-order valence-corrected chi connectivity index (χ4v) is 3.54. The van der Waals surface area contributed by atoms with Gasteiger partial charge in [-0.2, -0.15) is 5.10 Å². The summed E-state index contributed by atoms with van der Waals surface area (Å²) >= 11 is 6.26. The summed E-state index contributed by atoms with van der Waals surface area (Å²) in [4.78, 5) is 0. The molecule has 2 unspecified atom stereocenters. The second-order valence-electron chi connectivity index (χ2n) is 6.75. The van der Waals surface area contributed by atoms with E-state index >= 15 is 0 Å². The summed E-state index contributed by atoms with van der Waals surface area (Å²) in [6.45, 7) is 0.860. The zero-order valence-corrected chi connectivity index (χ0v) is 16.4. The van der Waals surface area contributed by atoms with Gasteiger partial charge < -0.3 is 14.6 Å². The van der Waals surface area contributed by atoms with E-state index in [1.54, 1.807) is 30.3 Å². The highest BCUT2D eigenvalue weighted by molar-refractivity contribution is 6.29. The molecule has 5 nitrogen and oxygen atoms in total. The Morgan fingerprint density at radius 3 is 2.86 bits per heavy atom. The molecule has 0 spiro atoms. The average Bonchev–Trinajstić information content (AvgIpc) is 3.13. The molecule has 0 saturated carbocycles. The number of aromatic nitrogens is 2. The molecule has 1 aliphatic heterocycles. The number of pyridine rings is 1. The lowest BCUT2D eigenvalue weighted by Gasteiger charge is -2.21. The van der Waals surface area contributed by atoms with Gasteiger partial charge in [-0.05, 0) is 55.7 Å². The molecule has 2 atom stereocenters. The number of benzene rings is 1. The lowest BCUT2D eigenvalue weighted by Crippen LogP contribution is -2.22. The summed E-state index contributed by atoms with van der Waals surface area (Å²) in [6.07, 6.45) is 1.63. The molecule has 1 aliphatic rings. The van der Waals surface area contributed by atoms with Crippen molar-refractivity contribution in [2.75, 3.05) is 13.2 Å². The molecule has 4 rings (SSSR count). The summed E-state index contributed by atoms with van der Waals surface area (Å²) in [7, 11) is 0. The van der Waals surface area contributed by atoms with Crippen molar-refractivity contribution < 1.29 is 19.0 Å². The van der Waals surface area contributed by atoms with E-state index in [2.05, 4.69) is 16.9 Å². The van der Waals surface area contributed by atoms with E-state index in [0.29, 0.717) is 34.1 Å². The molecule has 1 N–H and O–H groups in total. The first-order chi connectivity index (χ1) is 14.1. The Morgan fingerprint density at radius 1 is 1.28 bits per heavy atom. The lowest BCUT2D eigenvalue weighted by atomic mass is 10.0. The number of aliphatic hydroxyl groups excluding tert-OH is 1. The number of nitrogens with zero attached hydrogens (tertiary/aromatic N) is 2. The van der Waals surface area contributed by atoms with Crippen molar-refractivity contribution in [2.45, 2.75) is 31.7 Å². The van der Waals surface area contributed by atoms with Crippen LogP contribution in [0.4, 0.5) is 4.39 Å². The Kier molecular flexibility index (Phi) is 6.12. The van der Waals surface area contributed by atoms with Gasteiger partial charge in [-0.1, -0.05) is 29.5 Å². The molecule has 3 aromatic rings. The predicted molar refractivity (Wildman–Crippen MR) is 108 cm³/mol. The van der Waals surface area contributed by atoms with Gasteiger partial charge in [-0.15, -0.1) is 0 Å². The number of halogens is 2. The fraction of sp³-hybridized carbons (Fsp3) is 0.318. The molecule has 0 aliphatic carbocycles. The number of rotatable bonds is 4. The van der Waals surface area contributed by atoms with Crippen molar-refractivity contribution >= 4 is 17.1 Å². The van der Waals surface area contributed by atoms with E-state index in [-0.39, 0.29) is 18.7 Å². The van der Waals surface area contributed by atoms with Crippen LogP contribution in [0.3, 0.4) is 0 Å². The Morgan fingerprint density at radius 2 is 2.10 bits per heavy atom. The molecule has 29 heavy (non-hydrogen) atoms. The maximum atomic E-state index is 13.3. The van der Waals surface area contributed by atoms with Crippen LogP contribution in [0.15, 0.2) is 42.5 Å². The third-order valence-electron chi connectivity index (χ3n) is 4.76.